The molecule has 1 fully saturated rings. The molecule has 0 bridgehead atoms. The van der Waals surface area contributed by atoms with Gasteiger partial charge in [-0.05, 0) is 31.5 Å². The van der Waals surface area contributed by atoms with Crippen molar-refractivity contribution in [1.82, 2.24) is 9.62 Å². The van der Waals surface area contributed by atoms with Crippen molar-refractivity contribution in [3.63, 3.8) is 0 Å². The number of halogens is 1. The molecule has 7 nitrogen and oxygen atoms in total. The van der Waals surface area contributed by atoms with E-state index in [0.29, 0.717) is 6.42 Å². The van der Waals surface area contributed by atoms with E-state index in [0.717, 1.165) is 4.31 Å². The lowest BCUT2D eigenvalue weighted by molar-refractivity contribution is 0.0915. The summed E-state index contributed by atoms with van der Waals surface area (Å²) in [6, 6.07) is 3.93. The Hall–Kier alpha value is -1.16. The van der Waals surface area contributed by atoms with E-state index in [2.05, 4.69) is 5.32 Å². The van der Waals surface area contributed by atoms with Crippen LogP contribution in [-0.2, 0) is 19.9 Å². The van der Waals surface area contributed by atoms with Crippen LogP contribution in [0, 0.1) is 0 Å². The minimum Gasteiger partial charge on any atom is -0.346 e. The predicted molar refractivity (Wildman–Crippen MR) is 91.5 cm³/mol. The van der Waals surface area contributed by atoms with Crippen LogP contribution in [0.4, 0.5) is 0 Å². The maximum Gasteiger partial charge on any atom is 0.251 e. The van der Waals surface area contributed by atoms with Crippen LogP contribution in [0.15, 0.2) is 23.1 Å². The predicted octanol–water partition coefficient (Wildman–Crippen LogP) is 0.897. The molecule has 1 aliphatic heterocycles. The van der Waals surface area contributed by atoms with E-state index in [9.17, 15) is 21.6 Å². The monoisotopic (exact) mass is 394 g/mol. The third-order valence-electron chi connectivity index (χ3n) is 3.87. The molecule has 24 heavy (non-hydrogen) atoms. The first kappa shape index (κ1) is 19.2. The molecule has 10 heteroatoms. The summed E-state index contributed by atoms with van der Waals surface area (Å²) in [7, 11) is -4.24. The average molecular weight is 395 g/mol. The molecular weight excluding hydrogens is 376 g/mol. The van der Waals surface area contributed by atoms with Crippen LogP contribution in [-0.4, -0.2) is 58.2 Å². The maximum atomic E-state index is 12.4. The molecule has 0 saturated carbocycles. The molecule has 0 radical (unpaired) electrons. The Morgan fingerprint density at radius 3 is 2.46 bits per heavy atom. The zero-order valence-electron chi connectivity index (χ0n) is 13.5. The van der Waals surface area contributed by atoms with Gasteiger partial charge in [0.2, 0.25) is 10.0 Å². The van der Waals surface area contributed by atoms with Crippen molar-refractivity contribution >= 4 is 37.4 Å². The second-order valence-electron chi connectivity index (χ2n) is 6.29. The molecule has 1 aromatic carbocycles. The Morgan fingerprint density at radius 1 is 1.33 bits per heavy atom. The summed E-state index contributed by atoms with van der Waals surface area (Å²) in [5.74, 6) is -0.659. The Labute approximate surface area is 147 Å². The van der Waals surface area contributed by atoms with Crippen molar-refractivity contribution in [3.05, 3.63) is 28.8 Å². The van der Waals surface area contributed by atoms with E-state index in [-0.39, 0.29) is 27.0 Å². The van der Waals surface area contributed by atoms with Gasteiger partial charge in [0.25, 0.3) is 5.91 Å². The second-order valence-corrected chi connectivity index (χ2v) is 11.0. The highest BCUT2D eigenvalue weighted by Crippen LogP contribution is 2.26. The highest BCUT2D eigenvalue weighted by molar-refractivity contribution is 7.91. The lowest BCUT2D eigenvalue weighted by atomic mass is 10.0. The summed E-state index contributed by atoms with van der Waals surface area (Å²) in [4.78, 5) is 12.2. The van der Waals surface area contributed by atoms with Crippen molar-refractivity contribution in [1.29, 1.82) is 0 Å². The zero-order chi connectivity index (χ0) is 18.3. The minimum atomic E-state index is -3.80. The van der Waals surface area contributed by atoms with Crippen LogP contribution in [0.3, 0.4) is 0 Å². The highest BCUT2D eigenvalue weighted by Gasteiger charge is 2.39. The highest BCUT2D eigenvalue weighted by atomic mass is 35.5. The summed E-state index contributed by atoms with van der Waals surface area (Å²) in [6.45, 7) is 1.66. The number of rotatable bonds is 4. The zero-order valence-corrected chi connectivity index (χ0v) is 15.9. The van der Waals surface area contributed by atoms with Gasteiger partial charge in [0, 0.05) is 19.7 Å². The number of amides is 1. The van der Waals surface area contributed by atoms with Crippen molar-refractivity contribution in [3.8, 4) is 0 Å². The van der Waals surface area contributed by atoms with Crippen LogP contribution in [0.1, 0.15) is 23.7 Å². The summed E-state index contributed by atoms with van der Waals surface area (Å²) >= 11 is 5.95. The first-order valence-corrected chi connectivity index (χ1v) is 10.8. The summed E-state index contributed by atoms with van der Waals surface area (Å²) < 4.78 is 48.7. The van der Waals surface area contributed by atoms with Gasteiger partial charge in [-0.25, -0.2) is 21.1 Å². The lowest BCUT2D eigenvalue weighted by Gasteiger charge is -2.24. The first-order valence-electron chi connectivity index (χ1n) is 7.11. The fourth-order valence-corrected chi connectivity index (χ4v) is 5.98. The van der Waals surface area contributed by atoms with Crippen molar-refractivity contribution in [2.24, 2.45) is 0 Å². The fraction of sp³-hybridized carbons (Fsp3) is 0.500. The van der Waals surface area contributed by atoms with E-state index < -0.39 is 31.3 Å². The van der Waals surface area contributed by atoms with Crippen LogP contribution >= 0.6 is 11.6 Å². The molecule has 0 spiro atoms. The third-order valence-corrected chi connectivity index (χ3v) is 8.07. The number of nitrogens with zero attached hydrogens (tertiary/aromatic N) is 1. The smallest absolute Gasteiger partial charge is 0.251 e. The van der Waals surface area contributed by atoms with Gasteiger partial charge in [-0.3, -0.25) is 4.79 Å². The number of hydrogen-bond acceptors (Lipinski definition) is 5. The van der Waals surface area contributed by atoms with E-state index in [1.807, 2.05) is 0 Å². The topological polar surface area (TPSA) is 101 Å². The third kappa shape index (κ3) is 3.90. The molecule has 0 aromatic heterocycles. The van der Waals surface area contributed by atoms with Gasteiger partial charge in [0.1, 0.15) is 4.90 Å². The number of sulfone groups is 1. The molecule has 1 heterocycles. The van der Waals surface area contributed by atoms with E-state index in [1.54, 1.807) is 6.92 Å². The maximum absolute atomic E-state index is 12.4. The molecule has 0 unspecified atom stereocenters. The SMILES string of the molecule is CN(C)S(=O)(=O)c1cc(C(=O)N[C@]2(C)CCS(=O)(=O)C2)ccc1Cl. The molecule has 1 amide bonds. The number of hydrogen-bond donors (Lipinski definition) is 1. The molecule has 1 atom stereocenters. The van der Waals surface area contributed by atoms with E-state index in [1.165, 1.54) is 32.3 Å². The lowest BCUT2D eigenvalue weighted by Crippen LogP contribution is -2.46. The van der Waals surface area contributed by atoms with Crippen LogP contribution in [0.25, 0.3) is 0 Å². The Bertz CT molecular complexity index is 880. The quantitative estimate of drug-likeness (QED) is 0.817. The summed E-state index contributed by atoms with van der Waals surface area (Å²) in [6.07, 6.45) is 0.317. The molecule has 2 rings (SSSR count). The first-order chi connectivity index (χ1) is 10.9. The number of benzene rings is 1. The summed E-state index contributed by atoms with van der Waals surface area (Å²) in [5.41, 5.74) is -0.763. The average Bonchev–Trinajstić information content (AvgIpc) is 2.72. The second kappa shape index (κ2) is 6.29. The van der Waals surface area contributed by atoms with Crippen molar-refractivity contribution in [2.45, 2.75) is 23.8 Å². The number of carbonyl (C=O) groups is 1. The molecule has 0 aliphatic carbocycles. The van der Waals surface area contributed by atoms with Crippen LogP contribution in [0.5, 0.6) is 0 Å². The van der Waals surface area contributed by atoms with Gasteiger partial charge >= 0.3 is 0 Å². The number of carbonyl (C=O) groups excluding carboxylic acids is 1. The van der Waals surface area contributed by atoms with Gasteiger partial charge in [-0.15, -0.1) is 0 Å². The van der Waals surface area contributed by atoms with Gasteiger partial charge in [0.05, 0.1) is 22.1 Å². The normalized spacial score (nSPS) is 23.4. The van der Waals surface area contributed by atoms with Gasteiger partial charge < -0.3 is 5.32 Å². The summed E-state index contributed by atoms with van der Waals surface area (Å²) in [5, 5.41) is 2.69. The molecule has 1 aromatic rings. The largest absolute Gasteiger partial charge is 0.346 e. The van der Waals surface area contributed by atoms with Gasteiger partial charge in [-0.1, -0.05) is 11.6 Å². The standard InChI is InChI=1S/C14H19ClN2O5S2/c1-14(6-7-23(19,20)9-14)16-13(18)10-4-5-11(15)12(8-10)24(21,22)17(2)3/h4-5,8H,6-7,9H2,1-3H3,(H,16,18)/t14-/m1/s1. The van der Waals surface area contributed by atoms with Crippen LogP contribution in [0.2, 0.25) is 5.02 Å². The van der Waals surface area contributed by atoms with Crippen molar-refractivity contribution < 1.29 is 21.6 Å². The Morgan fingerprint density at radius 2 is 1.96 bits per heavy atom. The minimum absolute atomic E-state index is 0.00917. The van der Waals surface area contributed by atoms with Gasteiger partial charge in [-0.2, -0.15) is 0 Å². The fourth-order valence-electron chi connectivity index (χ4n) is 2.49. The van der Waals surface area contributed by atoms with Crippen molar-refractivity contribution in [2.75, 3.05) is 25.6 Å². The van der Waals surface area contributed by atoms with Gasteiger partial charge in [0.15, 0.2) is 9.84 Å². The van der Waals surface area contributed by atoms with E-state index in [4.69, 9.17) is 11.6 Å². The molecule has 1 N–H and O–H groups in total. The molecule has 1 saturated heterocycles. The number of nitrogens with one attached hydrogen (secondary N) is 1. The number of sulfonamides is 1. The van der Waals surface area contributed by atoms with E-state index >= 15 is 0 Å². The Balaban J connectivity index is 2.32. The molecule has 134 valence electrons. The molecular formula is C14H19ClN2O5S2. The Kier molecular flexibility index (Phi) is 5.02. The van der Waals surface area contributed by atoms with Crippen LogP contribution < -0.4 is 5.32 Å². The molecule has 1 aliphatic rings.